The molecule has 1 aromatic carbocycles. The number of piperidine rings is 1. The third-order valence-electron chi connectivity index (χ3n) is 4.65. The standard InChI is InChI=1S/C20H23N3O5/c1-3-28-20(26)14-8-7-11-22(13-14)19(25)18-16(27-2)12-17(24)23(21-18)15-9-5-4-6-10-15/h4-6,9-10,12,14H,3,7-8,11,13H2,1-2H3/t14-/m1/s1. The molecule has 1 saturated heterocycles. The van der Waals surface area contributed by atoms with Crippen molar-refractivity contribution in [2.45, 2.75) is 19.8 Å². The lowest BCUT2D eigenvalue weighted by molar-refractivity contribution is -0.149. The van der Waals surface area contributed by atoms with Crippen molar-refractivity contribution in [2.24, 2.45) is 5.92 Å². The number of methoxy groups -OCH3 is 1. The van der Waals surface area contributed by atoms with Gasteiger partial charge in [-0.15, -0.1) is 0 Å². The molecule has 148 valence electrons. The zero-order chi connectivity index (χ0) is 20.1. The first-order chi connectivity index (χ1) is 13.5. The van der Waals surface area contributed by atoms with Crippen molar-refractivity contribution >= 4 is 11.9 Å². The van der Waals surface area contributed by atoms with E-state index in [0.29, 0.717) is 31.7 Å². The number of hydrogen-bond acceptors (Lipinski definition) is 6. The lowest BCUT2D eigenvalue weighted by Gasteiger charge is -2.31. The van der Waals surface area contributed by atoms with Gasteiger partial charge in [0.25, 0.3) is 11.5 Å². The van der Waals surface area contributed by atoms with E-state index in [-0.39, 0.29) is 35.8 Å². The quantitative estimate of drug-likeness (QED) is 0.727. The Kier molecular flexibility index (Phi) is 6.08. The van der Waals surface area contributed by atoms with Gasteiger partial charge in [0.05, 0.1) is 31.4 Å². The average molecular weight is 385 g/mol. The Balaban J connectivity index is 1.92. The van der Waals surface area contributed by atoms with Crippen LogP contribution in [0.15, 0.2) is 41.2 Å². The van der Waals surface area contributed by atoms with Gasteiger partial charge in [-0.2, -0.15) is 9.78 Å². The van der Waals surface area contributed by atoms with Crippen molar-refractivity contribution in [3.8, 4) is 11.4 Å². The van der Waals surface area contributed by atoms with E-state index in [1.54, 1.807) is 36.1 Å². The summed E-state index contributed by atoms with van der Waals surface area (Å²) in [6.07, 6.45) is 1.37. The van der Waals surface area contributed by atoms with E-state index in [4.69, 9.17) is 9.47 Å². The predicted molar refractivity (Wildman–Crippen MR) is 102 cm³/mol. The topological polar surface area (TPSA) is 90.7 Å². The number of esters is 1. The van der Waals surface area contributed by atoms with Crippen LogP contribution in [0.1, 0.15) is 30.3 Å². The number of benzene rings is 1. The monoisotopic (exact) mass is 385 g/mol. The molecular weight excluding hydrogens is 362 g/mol. The smallest absolute Gasteiger partial charge is 0.310 e. The summed E-state index contributed by atoms with van der Waals surface area (Å²) in [5.74, 6) is -0.922. The van der Waals surface area contributed by atoms with Crippen LogP contribution < -0.4 is 10.3 Å². The molecule has 1 aliphatic rings. The number of hydrogen-bond donors (Lipinski definition) is 0. The molecule has 1 aromatic heterocycles. The molecule has 1 atom stereocenters. The van der Waals surface area contributed by atoms with E-state index in [1.165, 1.54) is 17.9 Å². The van der Waals surface area contributed by atoms with Crippen LogP contribution in [0.5, 0.6) is 5.75 Å². The Labute approximate surface area is 162 Å². The van der Waals surface area contributed by atoms with Crippen molar-refractivity contribution in [1.29, 1.82) is 0 Å². The molecular formula is C20H23N3O5. The molecule has 0 N–H and O–H groups in total. The summed E-state index contributed by atoms with van der Waals surface area (Å²) in [5, 5.41) is 4.27. The van der Waals surface area contributed by atoms with E-state index in [1.807, 2.05) is 6.07 Å². The Morgan fingerprint density at radius 3 is 2.68 bits per heavy atom. The SMILES string of the molecule is CCOC(=O)[C@@H]1CCCN(C(=O)c2nn(-c3ccccc3)c(=O)cc2OC)C1. The predicted octanol–water partition coefficient (Wildman–Crippen LogP) is 1.66. The van der Waals surface area contributed by atoms with Gasteiger partial charge in [0.15, 0.2) is 11.4 Å². The molecule has 8 heteroatoms. The number of carbonyl (C=O) groups excluding carboxylic acids is 2. The minimum absolute atomic E-state index is 0.0375. The van der Waals surface area contributed by atoms with E-state index in [2.05, 4.69) is 5.10 Å². The highest BCUT2D eigenvalue weighted by Crippen LogP contribution is 2.22. The van der Waals surface area contributed by atoms with Crippen LogP contribution in [0.25, 0.3) is 5.69 Å². The summed E-state index contributed by atoms with van der Waals surface area (Å²) < 4.78 is 11.5. The van der Waals surface area contributed by atoms with Gasteiger partial charge in [0.2, 0.25) is 0 Å². The van der Waals surface area contributed by atoms with Crippen LogP contribution in [0.2, 0.25) is 0 Å². The second kappa shape index (κ2) is 8.69. The van der Waals surface area contributed by atoms with Crippen molar-refractivity contribution in [1.82, 2.24) is 14.7 Å². The summed E-state index contributed by atoms with van der Waals surface area (Å²) in [6.45, 7) is 2.82. The molecule has 2 aromatic rings. The second-order valence-corrected chi connectivity index (χ2v) is 6.49. The number of ether oxygens (including phenoxy) is 2. The Morgan fingerprint density at radius 1 is 1.25 bits per heavy atom. The number of para-hydroxylation sites is 1. The fourth-order valence-corrected chi connectivity index (χ4v) is 3.26. The summed E-state index contributed by atoms with van der Waals surface area (Å²) in [7, 11) is 1.39. The van der Waals surface area contributed by atoms with Crippen LogP contribution in [-0.2, 0) is 9.53 Å². The first-order valence-electron chi connectivity index (χ1n) is 9.24. The lowest BCUT2D eigenvalue weighted by Crippen LogP contribution is -2.43. The maximum atomic E-state index is 13.1. The number of aromatic nitrogens is 2. The van der Waals surface area contributed by atoms with Crippen molar-refractivity contribution < 1.29 is 19.1 Å². The van der Waals surface area contributed by atoms with Crippen LogP contribution in [-0.4, -0.2) is 53.4 Å². The summed E-state index contributed by atoms with van der Waals surface area (Å²) in [5.41, 5.74) is 0.186. The van der Waals surface area contributed by atoms with Crippen molar-refractivity contribution in [2.75, 3.05) is 26.8 Å². The van der Waals surface area contributed by atoms with Crippen molar-refractivity contribution in [3.05, 3.63) is 52.4 Å². The van der Waals surface area contributed by atoms with E-state index in [0.717, 1.165) is 0 Å². The molecule has 28 heavy (non-hydrogen) atoms. The fraction of sp³-hybridized carbons (Fsp3) is 0.400. The molecule has 0 unspecified atom stereocenters. The number of carbonyl (C=O) groups is 2. The molecule has 0 saturated carbocycles. The molecule has 2 heterocycles. The van der Waals surface area contributed by atoms with Gasteiger partial charge >= 0.3 is 5.97 Å². The molecule has 1 amide bonds. The first-order valence-corrected chi connectivity index (χ1v) is 9.24. The number of rotatable bonds is 5. The van der Waals surface area contributed by atoms with E-state index in [9.17, 15) is 14.4 Å². The zero-order valence-electron chi connectivity index (χ0n) is 16.0. The van der Waals surface area contributed by atoms with Crippen LogP contribution in [0.3, 0.4) is 0 Å². The van der Waals surface area contributed by atoms with Crippen LogP contribution >= 0.6 is 0 Å². The highest BCUT2D eigenvalue weighted by molar-refractivity contribution is 5.95. The maximum Gasteiger partial charge on any atom is 0.310 e. The van der Waals surface area contributed by atoms with Gasteiger partial charge in [-0.1, -0.05) is 18.2 Å². The third kappa shape index (κ3) is 4.05. The van der Waals surface area contributed by atoms with Gasteiger partial charge in [0.1, 0.15) is 0 Å². The van der Waals surface area contributed by atoms with Crippen LogP contribution in [0.4, 0.5) is 0 Å². The van der Waals surface area contributed by atoms with Gasteiger partial charge in [-0.3, -0.25) is 14.4 Å². The van der Waals surface area contributed by atoms with Crippen LogP contribution in [0, 0.1) is 5.92 Å². The number of nitrogens with zero attached hydrogens (tertiary/aromatic N) is 3. The number of amides is 1. The summed E-state index contributed by atoms with van der Waals surface area (Å²) in [4.78, 5) is 39.1. The average Bonchev–Trinajstić information content (AvgIpc) is 2.74. The summed E-state index contributed by atoms with van der Waals surface area (Å²) in [6, 6.07) is 10.1. The zero-order valence-corrected chi connectivity index (χ0v) is 16.0. The molecule has 1 fully saturated rings. The molecule has 0 aliphatic carbocycles. The minimum atomic E-state index is -0.400. The summed E-state index contributed by atoms with van der Waals surface area (Å²) >= 11 is 0. The van der Waals surface area contributed by atoms with Gasteiger partial charge in [-0.25, -0.2) is 0 Å². The highest BCUT2D eigenvalue weighted by atomic mass is 16.5. The second-order valence-electron chi connectivity index (χ2n) is 6.49. The van der Waals surface area contributed by atoms with E-state index < -0.39 is 5.56 Å². The molecule has 1 aliphatic heterocycles. The minimum Gasteiger partial charge on any atom is -0.494 e. The van der Waals surface area contributed by atoms with Gasteiger partial charge < -0.3 is 14.4 Å². The normalized spacial score (nSPS) is 16.5. The van der Waals surface area contributed by atoms with Gasteiger partial charge in [0, 0.05) is 13.1 Å². The molecule has 0 spiro atoms. The highest BCUT2D eigenvalue weighted by Gasteiger charge is 2.32. The fourth-order valence-electron chi connectivity index (χ4n) is 3.26. The van der Waals surface area contributed by atoms with Crippen molar-refractivity contribution in [3.63, 3.8) is 0 Å². The third-order valence-corrected chi connectivity index (χ3v) is 4.65. The lowest BCUT2D eigenvalue weighted by atomic mass is 9.98. The molecule has 3 rings (SSSR count). The van der Waals surface area contributed by atoms with Gasteiger partial charge in [-0.05, 0) is 31.9 Å². The first kappa shape index (κ1) is 19.6. The Bertz CT molecular complexity index is 910. The Hall–Kier alpha value is -3.16. The number of likely N-dealkylation sites (tertiary alicyclic amines) is 1. The molecule has 8 nitrogen and oxygen atoms in total. The molecule has 0 bridgehead atoms. The largest absolute Gasteiger partial charge is 0.494 e. The maximum absolute atomic E-state index is 13.1. The molecule has 0 radical (unpaired) electrons. The Morgan fingerprint density at radius 2 is 2.00 bits per heavy atom. The van der Waals surface area contributed by atoms with E-state index >= 15 is 0 Å².